The molecule has 1 fully saturated rings. The Morgan fingerprint density at radius 3 is 2.59 bits per heavy atom. The van der Waals surface area contributed by atoms with Crippen molar-refractivity contribution in [1.29, 1.82) is 0 Å². The Labute approximate surface area is 133 Å². The number of carboxylic acid groups (broad SMARTS) is 1. The number of hydrogen-bond donors (Lipinski definition) is 1. The third kappa shape index (κ3) is 3.24. The number of amides is 1. The maximum atomic E-state index is 12.4. The third-order valence-corrected chi connectivity index (χ3v) is 5.55. The molecule has 0 spiro atoms. The number of thiazole rings is 1. The molecule has 0 aliphatic carbocycles. The molecule has 0 saturated carbocycles. The summed E-state index contributed by atoms with van der Waals surface area (Å²) >= 11 is 1.19. The molecule has 1 aromatic heterocycles. The van der Waals surface area contributed by atoms with E-state index in [0.717, 1.165) is 10.6 Å². The molecule has 7 heteroatoms. The zero-order valence-corrected chi connectivity index (χ0v) is 14.0. The van der Waals surface area contributed by atoms with Gasteiger partial charge in [-0.3, -0.25) is 14.4 Å². The number of rotatable bonds is 4. The van der Waals surface area contributed by atoms with Gasteiger partial charge in [-0.05, 0) is 33.6 Å². The highest BCUT2D eigenvalue weighted by atomic mass is 32.1. The van der Waals surface area contributed by atoms with Crippen molar-refractivity contribution in [3.8, 4) is 0 Å². The number of aliphatic carboxylic acids is 1. The maximum Gasteiger partial charge on any atom is 0.308 e. The summed E-state index contributed by atoms with van der Waals surface area (Å²) in [6.07, 6.45) is 1.56. The van der Waals surface area contributed by atoms with Gasteiger partial charge in [0.1, 0.15) is 0 Å². The molecule has 1 saturated heterocycles. The van der Waals surface area contributed by atoms with Gasteiger partial charge in [-0.2, -0.15) is 0 Å². The zero-order chi connectivity index (χ0) is 16.4. The van der Waals surface area contributed by atoms with E-state index in [1.54, 1.807) is 16.4 Å². The van der Waals surface area contributed by atoms with Crippen LogP contribution in [0.1, 0.15) is 36.8 Å². The van der Waals surface area contributed by atoms with Gasteiger partial charge in [-0.15, -0.1) is 0 Å². The second-order valence-corrected chi connectivity index (χ2v) is 6.99. The normalized spacial score (nSPS) is 21.9. The van der Waals surface area contributed by atoms with Crippen molar-refractivity contribution in [2.45, 2.75) is 52.6 Å². The predicted octanol–water partition coefficient (Wildman–Crippen LogP) is 1.63. The molecule has 1 aliphatic rings. The fourth-order valence-electron chi connectivity index (χ4n) is 3.02. The van der Waals surface area contributed by atoms with Crippen molar-refractivity contribution in [2.75, 3.05) is 6.54 Å². The molecule has 0 bridgehead atoms. The van der Waals surface area contributed by atoms with E-state index in [0.29, 0.717) is 25.9 Å². The van der Waals surface area contributed by atoms with Crippen LogP contribution in [0.4, 0.5) is 0 Å². The molecular weight excluding hydrogens is 304 g/mol. The Morgan fingerprint density at radius 1 is 1.36 bits per heavy atom. The lowest BCUT2D eigenvalue weighted by molar-refractivity contribution is -0.149. The van der Waals surface area contributed by atoms with Crippen LogP contribution in [-0.2, 0) is 16.1 Å². The smallest absolute Gasteiger partial charge is 0.308 e. The lowest BCUT2D eigenvalue weighted by Gasteiger charge is -2.37. The monoisotopic (exact) mass is 326 g/mol. The molecular formula is C15H22N2O4S. The van der Waals surface area contributed by atoms with Gasteiger partial charge in [0.2, 0.25) is 5.91 Å². The Balaban J connectivity index is 2.03. The average molecular weight is 326 g/mol. The first-order valence-corrected chi connectivity index (χ1v) is 8.33. The fraction of sp³-hybridized carbons (Fsp3) is 0.667. The molecule has 2 rings (SSSR count). The van der Waals surface area contributed by atoms with Gasteiger partial charge >= 0.3 is 10.8 Å². The average Bonchev–Trinajstić information content (AvgIpc) is 2.69. The minimum atomic E-state index is -0.842. The number of carbonyl (C=O) groups excluding carboxylic acids is 1. The summed E-state index contributed by atoms with van der Waals surface area (Å²) < 4.78 is 1.63. The van der Waals surface area contributed by atoms with E-state index in [4.69, 9.17) is 0 Å². The van der Waals surface area contributed by atoms with Gasteiger partial charge in [0.25, 0.3) is 0 Å². The van der Waals surface area contributed by atoms with Crippen LogP contribution in [0.2, 0.25) is 0 Å². The van der Waals surface area contributed by atoms with Crippen molar-refractivity contribution in [3.05, 3.63) is 20.2 Å². The van der Waals surface area contributed by atoms with Crippen molar-refractivity contribution in [2.24, 2.45) is 5.92 Å². The van der Waals surface area contributed by atoms with E-state index in [1.165, 1.54) is 11.3 Å². The molecule has 1 aliphatic heterocycles. The van der Waals surface area contributed by atoms with E-state index in [-0.39, 0.29) is 23.2 Å². The van der Waals surface area contributed by atoms with Crippen molar-refractivity contribution in [1.82, 2.24) is 9.47 Å². The van der Waals surface area contributed by atoms with Gasteiger partial charge in [0, 0.05) is 36.1 Å². The Bertz CT molecular complexity index is 634. The molecule has 6 nitrogen and oxygen atoms in total. The second kappa shape index (κ2) is 6.64. The molecule has 0 radical (unpaired) electrons. The SMILES string of the molecule is Cc1sc(=O)n(CCC(=O)N2CCC[C@@H](C(=O)O)[C@H]2C)c1C. The largest absolute Gasteiger partial charge is 0.481 e. The molecule has 0 unspecified atom stereocenters. The van der Waals surface area contributed by atoms with Gasteiger partial charge in [-0.25, -0.2) is 0 Å². The summed E-state index contributed by atoms with van der Waals surface area (Å²) in [4.78, 5) is 38.0. The number of aryl methyl sites for hydroxylation is 1. The fourth-order valence-corrected chi connectivity index (χ4v) is 3.88. The van der Waals surface area contributed by atoms with E-state index in [9.17, 15) is 19.5 Å². The van der Waals surface area contributed by atoms with E-state index in [1.807, 2.05) is 13.8 Å². The number of carbonyl (C=O) groups is 2. The molecule has 122 valence electrons. The number of carboxylic acids is 1. The number of piperidine rings is 1. The van der Waals surface area contributed by atoms with Gasteiger partial charge in [0.15, 0.2) is 0 Å². The first-order chi connectivity index (χ1) is 10.3. The van der Waals surface area contributed by atoms with Gasteiger partial charge < -0.3 is 14.6 Å². The minimum absolute atomic E-state index is 0.0436. The predicted molar refractivity (Wildman–Crippen MR) is 84.2 cm³/mol. The lowest BCUT2D eigenvalue weighted by Crippen LogP contribution is -2.49. The van der Waals surface area contributed by atoms with Crippen molar-refractivity contribution >= 4 is 23.2 Å². The van der Waals surface area contributed by atoms with E-state index in [2.05, 4.69) is 0 Å². The van der Waals surface area contributed by atoms with Gasteiger partial charge in [-0.1, -0.05) is 11.3 Å². The Morgan fingerprint density at radius 2 is 2.05 bits per heavy atom. The Hall–Kier alpha value is -1.63. The van der Waals surface area contributed by atoms with Crippen LogP contribution in [0.5, 0.6) is 0 Å². The van der Waals surface area contributed by atoms with Crippen LogP contribution in [0, 0.1) is 19.8 Å². The Kier molecular flexibility index (Phi) is 5.05. The highest BCUT2D eigenvalue weighted by Gasteiger charge is 2.35. The molecule has 1 aromatic rings. The van der Waals surface area contributed by atoms with Crippen LogP contribution in [0.3, 0.4) is 0 Å². The van der Waals surface area contributed by atoms with Crippen LogP contribution < -0.4 is 4.87 Å². The standard InChI is InChI=1S/C15H22N2O4S/c1-9-11(3)22-15(21)17(9)8-6-13(18)16-7-4-5-12(10(16)2)14(19)20/h10,12H,4-8H2,1-3H3,(H,19,20)/t10-,12-/m1/s1. The number of likely N-dealkylation sites (tertiary alicyclic amines) is 1. The first kappa shape index (κ1) is 16.7. The lowest BCUT2D eigenvalue weighted by atomic mass is 9.90. The topological polar surface area (TPSA) is 79.6 Å². The van der Waals surface area contributed by atoms with Gasteiger partial charge in [0.05, 0.1) is 5.92 Å². The van der Waals surface area contributed by atoms with Crippen LogP contribution in [-0.4, -0.2) is 39.0 Å². The number of nitrogens with zero attached hydrogens (tertiary/aromatic N) is 2. The number of aromatic nitrogens is 1. The zero-order valence-electron chi connectivity index (χ0n) is 13.2. The van der Waals surface area contributed by atoms with Crippen LogP contribution >= 0.6 is 11.3 Å². The second-order valence-electron chi connectivity index (χ2n) is 5.83. The quantitative estimate of drug-likeness (QED) is 0.912. The van der Waals surface area contributed by atoms with E-state index < -0.39 is 11.9 Å². The molecule has 2 atom stereocenters. The van der Waals surface area contributed by atoms with Crippen LogP contribution in [0.15, 0.2) is 4.79 Å². The maximum absolute atomic E-state index is 12.4. The highest BCUT2D eigenvalue weighted by Crippen LogP contribution is 2.24. The highest BCUT2D eigenvalue weighted by molar-refractivity contribution is 7.09. The minimum Gasteiger partial charge on any atom is -0.481 e. The summed E-state index contributed by atoms with van der Waals surface area (Å²) in [6, 6.07) is -0.291. The summed E-state index contributed by atoms with van der Waals surface area (Å²) in [6.45, 7) is 6.52. The summed E-state index contributed by atoms with van der Waals surface area (Å²) in [5.41, 5.74) is 0.901. The summed E-state index contributed by atoms with van der Waals surface area (Å²) in [5, 5.41) is 9.21. The van der Waals surface area contributed by atoms with Crippen molar-refractivity contribution < 1.29 is 14.7 Å². The molecule has 22 heavy (non-hydrogen) atoms. The van der Waals surface area contributed by atoms with E-state index >= 15 is 0 Å². The summed E-state index contributed by atoms with van der Waals surface area (Å²) in [5.74, 6) is -1.41. The molecule has 1 amide bonds. The van der Waals surface area contributed by atoms with Crippen LogP contribution in [0.25, 0.3) is 0 Å². The summed E-state index contributed by atoms with van der Waals surface area (Å²) in [7, 11) is 0. The number of hydrogen-bond acceptors (Lipinski definition) is 4. The molecule has 1 N–H and O–H groups in total. The first-order valence-electron chi connectivity index (χ1n) is 7.52. The molecule has 0 aromatic carbocycles. The third-order valence-electron chi connectivity index (χ3n) is 4.55. The van der Waals surface area contributed by atoms with Crippen molar-refractivity contribution in [3.63, 3.8) is 0 Å². The molecule has 2 heterocycles.